The van der Waals surface area contributed by atoms with E-state index in [9.17, 15) is 9.59 Å². The van der Waals surface area contributed by atoms with Crippen molar-refractivity contribution < 1.29 is 14.3 Å². The minimum atomic E-state index is -0.611. The molecule has 0 unspecified atom stereocenters. The number of aromatic nitrogens is 2. The summed E-state index contributed by atoms with van der Waals surface area (Å²) < 4.78 is 5.30. The van der Waals surface area contributed by atoms with Crippen LogP contribution in [0.15, 0.2) is 72.1 Å². The molecule has 0 fully saturated rings. The molecule has 0 aliphatic rings. The number of H-pyrrole nitrogens is 1. The van der Waals surface area contributed by atoms with Crippen molar-refractivity contribution in [3.05, 3.63) is 88.2 Å². The van der Waals surface area contributed by atoms with Gasteiger partial charge in [-0.15, -0.1) is 11.3 Å². The van der Waals surface area contributed by atoms with Crippen LogP contribution in [0.1, 0.15) is 20.9 Å². The van der Waals surface area contributed by atoms with Gasteiger partial charge in [-0.25, -0.2) is 4.79 Å². The number of ether oxygens (including phenoxy) is 1. The lowest BCUT2D eigenvalue weighted by atomic mass is 10.1. The minimum Gasteiger partial charge on any atom is -0.451 e. The number of carbonyl (C=O) groups excluding carboxylic acids is 2. The fraction of sp³-hybridized carbons (Fsp3) is 0.174. The summed E-state index contributed by atoms with van der Waals surface area (Å²) in [6, 6.07) is 21.3. The second-order valence-electron chi connectivity index (χ2n) is 6.82. The number of hydrogen-bond donors (Lipinski definition) is 1. The summed E-state index contributed by atoms with van der Waals surface area (Å²) >= 11 is 1.60. The Kier molecular flexibility index (Phi) is 6.20. The number of nitrogens with zero attached hydrogens (tertiary/aromatic N) is 2. The van der Waals surface area contributed by atoms with E-state index in [0.29, 0.717) is 18.5 Å². The van der Waals surface area contributed by atoms with Crippen LogP contribution < -0.4 is 0 Å². The maximum absolute atomic E-state index is 12.9. The van der Waals surface area contributed by atoms with E-state index < -0.39 is 5.97 Å². The summed E-state index contributed by atoms with van der Waals surface area (Å²) in [5.41, 5.74) is 2.09. The second kappa shape index (κ2) is 9.37. The third-order valence-corrected chi connectivity index (χ3v) is 5.64. The molecule has 0 atom stereocenters. The first kappa shape index (κ1) is 19.8. The molecule has 4 rings (SSSR count). The van der Waals surface area contributed by atoms with E-state index in [1.165, 1.54) is 0 Å². The molecule has 0 bridgehead atoms. The van der Waals surface area contributed by atoms with Crippen LogP contribution in [0.5, 0.6) is 0 Å². The molecular weight excluding hydrogens is 398 g/mol. The third-order valence-electron chi connectivity index (χ3n) is 4.78. The lowest BCUT2D eigenvalue weighted by Gasteiger charge is -2.22. The first-order chi connectivity index (χ1) is 14.7. The van der Waals surface area contributed by atoms with Crippen LogP contribution in [-0.4, -0.2) is 40.1 Å². The summed E-state index contributed by atoms with van der Waals surface area (Å²) in [4.78, 5) is 28.1. The van der Waals surface area contributed by atoms with Crippen LogP contribution in [0.3, 0.4) is 0 Å². The van der Waals surface area contributed by atoms with Crippen molar-refractivity contribution in [1.82, 2.24) is 15.1 Å². The second-order valence-corrected chi connectivity index (χ2v) is 7.86. The van der Waals surface area contributed by atoms with Gasteiger partial charge in [-0.05, 0) is 29.5 Å². The fourth-order valence-corrected chi connectivity index (χ4v) is 3.92. The van der Waals surface area contributed by atoms with E-state index in [1.54, 1.807) is 22.3 Å². The molecule has 1 N–H and O–H groups in total. The summed E-state index contributed by atoms with van der Waals surface area (Å²) in [5.74, 6) is -0.840. The molecule has 152 valence electrons. The van der Waals surface area contributed by atoms with Crippen LogP contribution in [0, 0.1) is 0 Å². The molecule has 2 aromatic carbocycles. The summed E-state index contributed by atoms with van der Waals surface area (Å²) in [7, 11) is 0. The van der Waals surface area contributed by atoms with Crippen molar-refractivity contribution >= 4 is 34.1 Å². The highest BCUT2D eigenvalue weighted by Gasteiger charge is 2.20. The molecule has 0 radical (unpaired) electrons. The highest BCUT2D eigenvalue weighted by molar-refractivity contribution is 7.09. The van der Waals surface area contributed by atoms with E-state index >= 15 is 0 Å². The highest BCUT2D eigenvalue weighted by atomic mass is 32.1. The SMILES string of the molecule is O=C(OCC(=O)N(CCc1ccccc1)Cc1cccs1)c1n[nH]c2ccccc12. The van der Waals surface area contributed by atoms with Gasteiger partial charge in [0.15, 0.2) is 12.3 Å². The van der Waals surface area contributed by atoms with Crippen LogP contribution in [0.2, 0.25) is 0 Å². The van der Waals surface area contributed by atoms with Gasteiger partial charge < -0.3 is 9.64 Å². The summed E-state index contributed by atoms with van der Waals surface area (Å²) in [6.07, 6.45) is 0.732. The molecule has 0 spiro atoms. The van der Waals surface area contributed by atoms with Gasteiger partial charge in [-0.3, -0.25) is 9.89 Å². The average Bonchev–Trinajstić information content (AvgIpc) is 3.45. The Bertz CT molecular complexity index is 1120. The molecule has 2 heterocycles. The molecule has 1 amide bonds. The number of carbonyl (C=O) groups is 2. The van der Waals surface area contributed by atoms with Crippen molar-refractivity contribution in [3.8, 4) is 0 Å². The number of benzene rings is 2. The van der Waals surface area contributed by atoms with Gasteiger partial charge in [0.1, 0.15) is 0 Å². The Morgan fingerprint density at radius 1 is 1.00 bits per heavy atom. The van der Waals surface area contributed by atoms with Crippen molar-refractivity contribution in [2.24, 2.45) is 0 Å². The zero-order valence-electron chi connectivity index (χ0n) is 16.3. The topological polar surface area (TPSA) is 75.3 Å². The van der Waals surface area contributed by atoms with Crippen LogP contribution in [-0.2, 0) is 22.5 Å². The van der Waals surface area contributed by atoms with Crippen LogP contribution >= 0.6 is 11.3 Å². The molecule has 6 nitrogen and oxygen atoms in total. The number of aromatic amines is 1. The first-order valence-corrected chi connectivity index (χ1v) is 10.5. The molecule has 0 saturated heterocycles. The largest absolute Gasteiger partial charge is 0.451 e. The minimum absolute atomic E-state index is 0.187. The Morgan fingerprint density at radius 2 is 1.80 bits per heavy atom. The Morgan fingerprint density at radius 3 is 2.60 bits per heavy atom. The molecule has 4 aromatic rings. The number of hydrogen-bond acceptors (Lipinski definition) is 5. The molecule has 30 heavy (non-hydrogen) atoms. The molecule has 2 aromatic heterocycles. The standard InChI is InChI=1S/C23H21N3O3S/c27-21(16-29-23(28)22-19-10-4-5-11-20(19)24-25-22)26(15-18-9-6-14-30-18)13-12-17-7-2-1-3-8-17/h1-11,14H,12-13,15-16H2,(H,24,25). The van der Waals surface area contributed by atoms with Gasteiger partial charge in [0, 0.05) is 16.8 Å². The zero-order chi connectivity index (χ0) is 20.8. The van der Waals surface area contributed by atoms with Gasteiger partial charge in [-0.2, -0.15) is 5.10 Å². The predicted molar refractivity (Wildman–Crippen MR) is 116 cm³/mol. The van der Waals surface area contributed by atoms with Gasteiger partial charge >= 0.3 is 5.97 Å². The Labute approximate surface area is 178 Å². The third kappa shape index (κ3) is 4.75. The number of fused-ring (bicyclic) bond motifs is 1. The molecule has 0 saturated carbocycles. The summed E-state index contributed by atoms with van der Waals surface area (Å²) in [5, 5.41) is 9.49. The van der Waals surface area contributed by atoms with Crippen molar-refractivity contribution in [2.75, 3.05) is 13.2 Å². The number of thiophene rings is 1. The molecule has 7 heteroatoms. The zero-order valence-corrected chi connectivity index (χ0v) is 17.1. The van der Waals surface area contributed by atoms with Crippen LogP contribution in [0.4, 0.5) is 0 Å². The van der Waals surface area contributed by atoms with Gasteiger partial charge in [0.25, 0.3) is 5.91 Å². The molecule has 0 aliphatic heterocycles. The first-order valence-electron chi connectivity index (χ1n) is 9.65. The lowest BCUT2D eigenvalue weighted by Crippen LogP contribution is -2.35. The van der Waals surface area contributed by atoms with E-state index in [-0.39, 0.29) is 18.2 Å². The monoisotopic (exact) mass is 419 g/mol. The number of para-hydroxylation sites is 1. The fourth-order valence-electron chi connectivity index (χ4n) is 3.20. The molecule has 0 aliphatic carbocycles. The van der Waals surface area contributed by atoms with E-state index in [4.69, 9.17) is 4.74 Å². The van der Waals surface area contributed by atoms with Gasteiger partial charge in [-0.1, -0.05) is 54.6 Å². The van der Waals surface area contributed by atoms with Gasteiger partial charge in [0.2, 0.25) is 0 Å². The van der Waals surface area contributed by atoms with Crippen LogP contribution in [0.25, 0.3) is 10.9 Å². The quantitative estimate of drug-likeness (QED) is 0.437. The van der Waals surface area contributed by atoms with Crippen molar-refractivity contribution in [2.45, 2.75) is 13.0 Å². The van der Waals surface area contributed by atoms with E-state index in [1.807, 2.05) is 66.0 Å². The van der Waals surface area contributed by atoms with Crippen molar-refractivity contribution in [3.63, 3.8) is 0 Å². The normalized spacial score (nSPS) is 10.8. The Hall–Kier alpha value is -3.45. The molecular formula is C23H21N3O3S. The van der Waals surface area contributed by atoms with E-state index in [2.05, 4.69) is 10.2 Å². The predicted octanol–water partition coefficient (Wildman–Crippen LogP) is 4.05. The average molecular weight is 420 g/mol. The Balaban J connectivity index is 1.40. The van der Waals surface area contributed by atoms with E-state index in [0.717, 1.165) is 22.4 Å². The van der Waals surface area contributed by atoms with Gasteiger partial charge in [0.05, 0.1) is 12.1 Å². The maximum atomic E-state index is 12.9. The maximum Gasteiger partial charge on any atom is 0.359 e. The summed E-state index contributed by atoms with van der Waals surface area (Å²) in [6.45, 7) is 0.718. The van der Waals surface area contributed by atoms with Crippen molar-refractivity contribution in [1.29, 1.82) is 0 Å². The number of amides is 1. The smallest absolute Gasteiger partial charge is 0.359 e. The lowest BCUT2D eigenvalue weighted by molar-refractivity contribution is -0.135. The number of esters is 1. The highest BCUT2D eigenvalue weighted by Crippen LogP contribution is 2.17. The number of nitrogens with one attached hydrogen (secondary N) is 1. The number of rotatable bonds is 8.